The second-order valence-corrected chi connectivity index (χ2v) is 5.88. The standard InChI is InChI=1S/C12H19N3O6/c1-12(2,3)19-11(18)14-6-4-8(5-7-14)15-13-20-9(16)10(17)21-15/h8,13H,4-7H2,1-3H3. The minimum Gasteiger partial charge on any atom is -0.444 e. The monoisotopic (exact) mass is 301 g/mol. The molecule has 2 heterocycles. The summed E-state index contributed by atoms with van der Waals surface area (Å²) in [5.74, 6) is -2.15. The number of carbonyl (C=O) groups is 3. The second kappa shape index (κ2) is 5.86. The Morgan fingerprint density at radius 1 is 1.24 bits per heavy atom. The average Bonchev–Trinajstić information content (AvgIpc) is 2.40. The minimum atomic E-state index is -1.09. The Kier molecular flexibility index (Phi) is 4.33. The molecule has 0 aromatic rings. The predicted molar refractivity (Wildman–Crippen MR) is 68.0 cm³/mol. The number of likely N-dealkylation sites (tertiary alicyclic amines) is 1. The molecule has 0 saturated carbocycles. The molecule has 9 nitrogen and oxygen atoms in total. The van der Waals surface area contributed by atoms with E-state index in [0.29, 0.717) is 25.9 Å². The minimum absolute atomic E-state index is 0.180. The van der Waals surface area contributed by atoms with Gasteiger partial charge in [-0.2, -0.15) is 0 Å². The highest BCUT2D eigenvalue weighted by Crippen LogP contribution is 2.19. The van der Waals surface area contributed by atoms with Crippen LogP contribution in [0.2, 0.25) is 0 Å². The van der Waals surface area contributed by atoms with Crippen molar-refractivity contribution in [1.82, 2.24) is 15.7 Å². The Hall–Kier alpha value is -1.87. The van der Waals surface area contributed by atoms with Crippen LogP contribution >= 0.6 is 0 Å². The topological polar surface area (TPSA) is 97.4 Å². The lowest BCUT2D eigenvalue weighted by Crippen LogP contribution is -2.57. The van der Waals surface area contributed by atoms with Gasteiger partial charge in [-0.25, -0.2) is 14.4 Å². The molecule has 2 fully saturated rings. The van der Waals surface area contributed by atoms with Gasteiger partial charge in [-0.3, -0.25) is 0 Å². The van der Waals surface area contributed by atoms with Crippen molar-refractivity contribution in [3.8, 4) is 0 Å². The highest BCUT2D eigenvalue weighted by molar-refractivity contribution is 6.29. The molecule has 0 aliphatic carbocycles. The van der Waals surface area contributed by atoms with E-state index >= 15 is 0 Å². The van der Waals surface area contributed by atoms with Gasteiger partial charge >= 0.3 is 18.0 Å². The molecule has 1 N–H and O–H groups in total. The van der Waals surface area contributed by atoms with Gasteiger partial charge in [0.15, 0.2) is 0 Å². The largest absolute Gasteiger partial charge is 0.444 e. The Morgan fingerprint density at radius 3 is 2.38 bits per heavy atom. The molecule has 0 atom stereocenters. The lowest BCUT2D eigenvalue weighted by Gasteiger charge is -2.37. The maximum Gasteiger partial charge on any atom is 0.439 e. The summed E-state index contributed by atoms with van der Waals surface area (Å²) in [7, 11) is 0. The van der Waals surface area contributed by atoms with Gasteiger partial charge in [-0.15, -0.1) is 0 Å². The van der Waals surface area contributed by atoms with Crippen molar-refractivity contribution in [3.05, 3.63) is 0 Å². The summed E-state index contributed by atoms with van der Waals surface area (Å²) in [6.07, 6.45) is 0.740. The van der Waals surface area contributed by atoms with Crippen LogP contribution in [0.15, 0.2) is 0 Å². The normalized spacial score (nSPS) is 21.8. The van der Waals surface area contributed by atoms with Gasteiger partial charge in [0.05, 0.1) is 6.04 Å². The zero-order valence-corrected chi connectivity index (χ0v) is 12.2. The van der Waals surface area contributed by atoms with Crippen LogP contribution in [0.25, 0.3) is 0 Å². The first-order valence-electron chi connectivity index (χ1n) is 6.72. The second-order valence-electron chi connectivity index (χ2n) is 5.88. The number of nitrogens with one attached hydrogen (secondary N) is 1. The predicted octanol–water partition coefficient (Wildman–Crippen LogP) is 0.122. The lowest BCUT2D eigenvalue weighted by atomic mass is 10.1. The Morgan fingerprint density at radius 2 is 1.86 bits per heavy atom. The number of hydrazine groups is 1. The first kappa shape index (κ1) is 15.5. The molecule has 0 bridgehead atoms. The smallest absolute Gasteiger partial charge is 0.439 e. The van der Waals surface area contributed by atoms with Gasteiger partial charge in [0.2, 0.25) is 0 Å². The van der Waals surface area contributed by atoms with Gasteiger partial charge in [0, 0.05) is 13.1 Å². The average molecular weight is 301 g/mol. The van der Waals surface area contributed by atoms with E-state index < -0.39 is 17.5 Å². The Balaban J connectivity index is 1.82. The van der Waals surface area contributed by atoms with Crippen molar-refractivity contribution in [3.63, 3.8) is 0 Å². The van der Waals surface area contributed by atoms with Gasteiger partial charge in [0.1, 0.15) is 5.60 Å². The molecular formula is C12H19N3O6. The van der Waals surface area contributed by atoms with E-state index in [1.165, 1.54) is 0 Å². The van der Waals surface area contributed by atoms with Crippen LogP contribution in [-0.4, -0.2) is 52.8 Å². The Labute approximate surface area is 122 Å². The maximum absolute atomic E-state index is 11.9. The van der Waals surface area contributed by atoms with Crippen molar-refractivity contribution in [2.24, 2.45) is 0 Å². The summed E-state index contributed by atoms with van der Waals surface area (Å²) in [6, 6.07) is -0.180. The van der Waals surface area contributed by atoms with Crippen molar-refractivity contribution in [1.29, 1.82) is 0 Å². The lowest BCUT2D eigenvalue weighted by molar-refractivity contribution is -0.296. The van der Waals surface area contributed by atoms with E-state index in [2.05, 4.69) is 10.4 Å². The summed E-state index contributed by atoms with van der Waals surface area (Å²) < 4.78 is 5.29. The van der Waals surface area contributed by atoms with Crippen LogP contribution in [0.4, 0.5) is 4.79 Å². The number of hydroxylamine groups is 1. The zero-order valence-electron chi connectivity index (χ0n) is 12.2. The highest BCUT2D eigenvalue weighted by Gasteiger charge is 2.36. The molecule has 118 valence electrons. The van der Waals surface area contributed by atoms with Gasteiger partial charge in [0.25, 0.3) is 0 Å². The molecule has 2 aliphatic rings. The fourth-order valence-electron chi connectivity index (χ4n) is 2.03. The van der Waals surface area contributed by atoms with E-state index in [4.69, 9.17) is 9.57 Å². The number of hydrogen-bond donors (Lipinski definition) is 1. The van der Waals surface area contributed by atoms with Crippen LogP contribution in [0.3, 0.4) is 0 Å². The molecule has 0 aromatic carbocycles. The molecule has 0 radical (unpaired) electrons. The summed E-state index contributed by atoms with van der Waals surface area (Å²) >= 11 is 0. The number of ether oxygens (including phenoxy) is 1. The van der Waals surface area contributed by atoms with Crippen molar-refractivity contribution in [2.45, 2.75) is 45.3 Å². The first-order chi connectivity index (χ1) is 9.76. The van der Waals surface area contributed by atoms with E-state index in [0.717, 1.165) is 5.17 Å². The molecule has 0 unspecified atom stereocenters. The van der Waals surface area contributed by atoms with Gasteiger partial charge < -0.3 is 19.3 Å². The molecule has 0 aromatic heterocycles. The molecule has 2 saturated heterocycles. The van der Waals surface area contributed by atoms with Crippen LogP contribution in [0, 0.1) is 0 Å². The van der Waals surface area contributed by atoms with E-state index in [-0.39, 0.29) is 12.1 Å². The van der Waals surface area contributed by atoms with Crippen molar-refractivity contribution >= 4 is 18.0 Å². The van der Waals surface area contributed by atoms with Gasteiger partial charge in [-0.05, 0) is 44.4 Å². The molecule has 2 aliphatic heterocycles. The maximum atomic E-state index is 11.9. The molecule has 0 spiro atoms. The summed E-state index contributed by atoms with van der Waals surface area (Å²) in [4.78, 5) is 44.7. The molecule has 21 heavy (non-hydrogen) atoms. The third kappa shape index (κ3) is 4.05. The van der Waals surface area contributed by atoms with E-state index in [9.17, 15) is 14.4 Å². The summed E-state index contributed by atoms with van der Waals surface area (Å²) in [5, 5.41) is 1.11. The number of piperidine rings is 1. The van der Waals surface area contributed by atoms with Crippen LogP contribution in [0.1, 0.15) is 33.6 Å². The fraction of sp³-hybridized carbons (Fsp3) is 0.750. The Bertz CT molecular complexity index is 439. The van der Waals surface area contributed by atoms with E-state index in [1.54, 1.807) is 4.90 Å². The number of rotatable bonds is 1. The quantitative estimate of drug-likeness (QED) is 0.682. The van der Waals surface area contributed by atoms with Crippen molar-refractivity contribution < 1.29 is 28.8 Å². The number of nitrogens with zero attached hydrogens (tertiary/aromatic N) is 2. The molecule has 1 amide bonds. The number of carbonyl (C=O) groups excluding carboxylic acids is 3. The third-order valence-electron chi connectivity index (χ3n) is 3.02. The highest BCUT2D eigenvalue weighted by atomic mass is 16.9. The summed E-state index contributed by atoms with van der Waals surface area (Å²) in [5.41, 5.74) is 1.72. The third-order valence-corrected chi connectivity index (χ3v) is 3.02. The van der Waals surface area contributed by atoms with Gasteiger partial charge in [-0.1, -0.05) is 0 Å². The van der Waals surface area contributed by atoms with E-state index in [1.807, 2.05) is 20.8 Å². The fourth-order valence-corrected chi connectivity index (χ4v) is 2.03. The molecule has 9 heteroatoms. The van der Waals surface area contributed by atoms with Crippen LogP contribution in [-0.2, 0) is 24.0 Å². The number of amides is 1. The van der Waals surface area contributed by atoms with Crippen LogP contribution < -0.4 is 5.59 Å². The van der Waals surface area contributed by atoms with Crippen molar-refractivity contribution in [2.75, 3.05) is 13.1 Å². The SMILES string of the molecule is CC(C)(C)OC(=O)N1CCC(N2NOC(=O)C(=O)O2)CC1. The number of hydrogen-bond acceptors (Lipinski definition) is 8. The van der Waals surface area contributed by atoms with Crippen LogP contribution in [0.5, 0.6) is 0 Å². The zero-order chi connectivity index (χ0) is 15.6. The molecule has 2 rings (SSSR count). The summed E-state index contributed by atoms with van der Waals surface area (Å²) in [6.45, 7) is 6.35. The molecular weight excluding hydrogens is 282 g/mol. The first-order valence-corrected chi connectivity index (χ1v) is 6.72.